The van der Waals surface area contributed by atoms with Crippen molar-refractivity contribution in [3.8, 4) is 11.5 Å². The van der Waals surface area contributed by atoms with Crippen LogP contribution in [0.15, 0.2) is 121 Å². The molecule has 8 rings (SSSR count). The molecule has 2 amide bonds. The topological polar surface area (TPSA) is 101 Å². The van der Waals surface area contributed by atoms with Crippen LogP contribution in [0.25, 0.3) is 5.57 Å². The van der Waals surface area contributed by atoms with E-state index in [2.05, 4.69) is 0 Å². The number of nitrogens with zero attached hydrogens (tertiary/aromatic N) is 1. The Hall–Kier alpha value is -5.56. The monoisotopic (exact) mass is 663 g/mol. The van der Waals surface area contributed by atoms with E-state index in [0.29, 0.717) is 40.1 Å². The van der Waals surface area contributed by atoms with Gasteiger partial charge in [0.05, 0.1) is 30.0 Å². The van der Waals surface area contributed by atoms with Crippen molar-refractivity contribution in [1.29, 1.82) is 0 Å². The molecule has 6 atom stereocenters. The normalized spacial score (nSPS) is 27.2. The van der Waals surface area contributed by atoms with Crippen LogP contribution in [0.2, 0.25) is 0 Å². The highest BCUT2D eigenvalue weighted by Gasteiger charge is 2.66. The zero-order valence-corrected chi connectivity index (χ0v) is 27.9. The Morgan fingerprint density at radius 2 is 1.54 bits per heavy atom. The number of anilines is 1. The highest BCUT2D eigenvalue weighted by atomic mass is 16.5. The minimum atomic E-state index is -1.43. The zero-order chi connectivity index (χ0) is 34.7. The Morgan fingerprint density at radius 3 is 2.22 bits per heavy atom. The van der Waals surface area contributed by atoms with Gasteiger partial charge in [0.2, 0.25) is 11.8 Å². The van der Waals surface area contributed by atoms with E-state index < -0.39 is 35.0 Å². The first-order valence-electron chi connectivity index (χ1n) is 17.2. The van der Waals surface area contributed by atoms with Crippen molar-refractivity contribution in [1.82, 2.24) is 0 Å². The molecule has 1 aliphatic heterocycles. The number of phenolic OH excluding ortho intramolecular Hbond substituents is 1. The van der Waals surface area contributed by atoms with Crippen LogP contribution in [0.4, 0.5) is 5.69 Å². The van der Waals surface area contributed by atoms with Crippen molar-refractivity contribution in [2.24, 2.45) is 23.7 Å². The van der Waals surface area contributed by atoms with Crippen molar-refractivity contribution in [2.45, 2.75) is 37.5 Å². The van der Waals surface area contributed by atoms with E-state index in [9.17, 15) is 14.7 Å². The molecule has 50 heavy (non-hydrogen) atoms. The first-order chi connectivity index (χ1) is 24.3. The minimum absolute atomic E-state index is 0.0434. The molecule has 3 aliphatic carbocycles. The number of Topliss-reactive ketones (excluding diaryl/α,β-unsaturated/α-hetero) is 1. The molecular formula is C43H37NO6. The number of hydrogen-bond donors (Lipinski definition) is 1. The second-order valence-corrected chi connectivity index (χ2v) is 13.7. The summed E-state index contributed by atoms with van der Waals surface area (Å²) in [6.07, 6.45) is 4.80. The predicted octanol–water partition coefficient (Wildman–Crippen LogP) is 6.99. The number of ketones is 2. The summed E-state index contributed by atoms with van der Waals surface area (Å²) in [5.74, 6) is -4.14. The summed E-state index contributed by atoms with van der Waals surface area (Å²) in [6, 6.07) is 30.9. The average molecular weight is 664 g/mol. The Morgan fingerprint density at radius 1 is 0.840 bits per heavy atom. The van der Waals surface area contributed by atoms with Crippen LogP contribution in [0, 0.1) is 23.7 Å². The van der Waals surface area contributed by atoms with Gasteiger partial charge in [-0.25, -0.2) is 0 Å². The van der Waals surface area contributed by atoms with Gasteiger partial charge in [-0.2, -0.15) is 0 Å². The summed E-state index contributed by atoms with van der Waals surface area (Å²) in [5.41, 5.74) is 3.05. The first kappa shape index (κ1) is 31.7. The molecule has 1 N–H and O–H groups in total. The van der Waals surface area contributed by atoms with E-state index >= 15 is 9.59 Å². The minimum Gasteiger partial charge on any atom is -0.508 e. The average Bonchev–Trinajstić information content (AvgIpc) is 3.42. The molecule has 0 bridgehead atoms. The molecule has 0 unspecified atom stereocenters. The van der Waals surface area contributed by atoms with Crippen molar-refractivity contribution >= 4 is 34.6 Å². The molecule has 1 heterocycles. The lowest BCUT2D eigenvalue weighted by molar-refractivity contribution is -0.135. The molecule has 4 aliphatic rings. The largest absolute Gasteiger partial charge is 0.508 e. The van der Waals surface area contributed by atoms with Gasteiger partial charge in [-0.15, -0.1) is 0 Å². The van der Waals surface area contributed by atoms with E-state index in [1.54, 1.807) is 18.2 Å². The standard InChI is InChI=1S/C43H37NO6/c1-3-25-14-16-28(17-15-25)44-41(48)31-20-19-30-33(38(31)42(44)49)23-35-40(47)32(26-10-6-4-7-11-26)24-37(46)43(35,27-12-8-5-9-13-27)39(30)34-22-29(50-2)18-21-36(34)45/h4-19,21-22,24,31,33,35,38-39,45H,3,20,23H2,1-2H3/t31-,33+,35-,38-,39+,43-/m0/s1. The van der Waals surface area contributed by atoms with Crippen LogP contribution >= 0.6 is 0 Å². The van der Waals surface area contributed by atoms with Crippen molar-refractivity contribution in [2.75, 3.05) is 12.0 Å². The molecule has 0 spiro atoms. The third-order valence-electron chi connectivity index (χ3n) is 11.5. The maximum Gasteiger partial charge on any atom is 0.238 e. The fourth-order valence-corrected chi connectivity index (χ4v) is 9.24. The molecule has 4 aromatic carbocycles. The molecule has 0 radical (unpaired) electrons. The Labute approximate surface area is 290 Å². The number of carbonyl (C=O) groups is 4. The molecule has 7 heteroatoms. The van der Waals surface area contributed by atoms with Crippen LogP contribution < -0.4 is 9.64 Å². The molecule has 1 saturated heterocycles. The van der Waals surface area contributed by atoms with Crippen molar-refractivity contribution in [3.63, 3.8) is 0 Å². The number of aromatic hydroxyl groups is 1. The highest BCUT2D eigenvalue weighted by Crippen LogP contribution is 2.64. The van der Waals surface area contributed by atoms with Gasteiger partial charge in [0, 0.05) is 23.0 Å². The van der Waals surface area contributed by atoms with Crippen molar-refractivity contribution in [3.05, 3.63) is 143 Å². The number of ether oxygens (including phenoxy) is 1. The van der Waals surface area contributed by atoms with Crippen LogP contribution in [-0.2, 0) is 31.0 Å². The second-order valence-electron chi connectivity index (χ2n) is 13.7. The maximum absolute atomic E-state index is 15.1. The Balaban J connectivity index is 1.36. The lowest BCUT2D eigenvalue weighted by atomic mass is 9.44. The van der Waals surface area contributed by atoms with Gasteiger partial charge < -0.3 is 9.84 Å². The van der Waals surface area contributed by atoms with Gasteiger partial charge in [-0.3, -0.25) is 24.1 Å². The van der Waals surface area contributed by atoms with Gasteiger partial charge >= 0.3 is 0 Å². The maximum atomic E-state index is 15.1. The van der Waals surface area contributed by atoms with Gasteiger partial charge in [0.1, 0.15) is 11.5 Å². The molecular weight excluding hydrogens is 626 g/mol. The number of aryl methyl sites for hydroxylation is 1. The number of methoxy groups -OCH3 is 1. The van der Waals surface area contributed by atoms with Crippen LogP contribution in [0.5, 0.6) is 11.5 Å². The van der Waals surface area contributed by atoms with E-state index in [4.69, 9.17) is 4.74 Å². The number of carbonyl (C=O) groups excluding carboxylic acids is 4. The quantitative estimate of drug-likeness (QED) is 0.176. The van der Waals surface area contributed by atoms with Gasteiger partial charge in [-0.1, -0.05) is 91.4 Å². The third-order valence-corrected chi connectivity index (χ3v) is 11.5. The number of imide groups is 1. The van der Waals surface area contributed by atoms with Crippen LogP contribution in [0.3, 0.4) is 0 Å². The second kappa shape index (κ2) is 12.1. The van der Waals surface area contributed by atoms with Gasteiger partial charge in [0.25, 0.3) is 0 Å². The van der Waals surface area contributed by atoms with Gasteiger partial charge in [0.15, 0.2) is 11.6 Å². The number of phenols is 1. The molecule has 2 fully saturated rings. The number of amides is 2. The van der Waals surface area contributed by atoms with E-state index in [1.807, 2.05) is 97.9 Å². The lowest BCUT2D eigenvalue weighted by Crippen LogP contribution is -2.58. The van der Waals surface area contributed by atoms with Crippen molar-refractivity contribution < 1.29 is 29.0 Å². The summed E-state index contributed by atoms with van der Waals surface area (Å²) in [4.78, 5) is 60.1. The number of allylic oxidation sites excluding steroid dienone is 4. The first-order valence-corrected chi connectivity index (χ1v) is 17.2. The SMILES string of the molecule is CCc1ccc(N2C(=O)[C@H]3[C@H](CC=C4[C@H]3C[C@H]3C(=O)C(c5ccccc5)=CC(=O)[C@@]3(c3ccccc3)[C@H]4c3cc(OC)ccc3O)C2=O)cc1. The predicted molar refractivity (Wildman–Crippen MR) is 190 cm³/mol. The number of rotatable bonds is 6. The molecule has 7 nitrogen and oxygen atoms in total. The van der Waals surface area contributed by atoms with E-state index in [0.717, 1.165) is 17.6 Å². The van der Waals surface area contributed by atoms with E-state index in [1.165, 1.54) is 18.1 Å². The number of fused-ring (bicyclic) bond motifs is 4. The third kappa shape index (κ3) is 4.56. The molecule has 1 saturated carbocycles. The van der Waals surface area contributed by atoms with E-state index in [-0.39, 0.29) is 35.6 Å². The summed E-state index contributed by atoms with van der Waals surface area (Å²) >= 11 is 0. The molecule has 250 valence electrons. The zero-order valence-electron chi connectivity index (χ0n) is 27.9. The number of hydrogen-bond acceptors (Lipinski definition) is 6. The summed E-state index contributed by atoms with van der Waals surface area (Å²) in [6.45, 7) is 2.05. The smallest absolute Gasteiger partial charge is 0.238 e. The molecule has 0 aromatic heterocycles. The Kier molecular flexibility index (Phi) is 7.66. The fourth-order valence-electron chi connectivity index (χ4n) is 9.24. The highest BCUT2D eigenvalue weighted by molar-refractivity contribution is 6.32. The Bertz CT molecular complexity index is 2100. The van der Waals surface area contributed by atoms with Gasteiger partial charge in [-0.05, 0) is 78.3 Å². The fraction of sp³-hybridized carbons (Fsp3) is 0.256. The lowest BCUT2D eigenvalue weighted by Gasteiger charge is -2.55. The molecule has 4 aromatic rings. The van der Waals surface area contributed by atoms with Crippen LogP contribution in [-0.4, -0.2) is 35.6 Å². The van der Waals surface area contributed by atoms with Crippen LogP contribution in [0.1, 0.15) is 47.9 Å². The summed E-state index contributed by atoms with van der Waals surface area (Å²) < 4.78 is 5.61. The summed E-state index contributed by atoms with van der Waals surface area (Å²) in [7, 11) is 1.54. The summed E-state index contributed by atoms with van der Waals surface area (Å²) in [5, 5.41) is 11.6. The number of benzene rings is 4.